The molecule has 3 N–H and O–H groups in total. The van der Waals surface area contributed by atoms with E-state index in [-0.39, 0.29) is 42.4 Å². The minimum Gasteiger partial charge on any atom is -0.381 e. The monoisotopic (exact) mass is 461 g/mol. The molecule has 0 aliphatic carbocycles. The number of carbonyl (C=O) groups excluding carboxylic acids is 2. The Balaban J connectivity index is 1.86. The van der Waals surface area contributed by atoms with E-state index >= 15 is 0 Å². The lowest BCUT2D eigenvalue weighted by atomic mass is 9.98. The summed E-state index contributed by atoms with van der Waals surface area (Å²) in [5, 5.41) is 12.0. The smallest absolute Gasteiger partial charge is 0.265 e. The standard InChI is InChI=1S/C22H27N3O6S/c1-21(2,3)24-19(26)16-6-9-18(23-14-16)15-4-7-17(8-5-15)32(29,30)22(20(27)25-28)10-12-31-13-11-22/h4-9,14,28H,10-13H2,1-3H3,(H,24,26)(H,25,27). The van der Waals surface area contributed by atoms with Crippen molar-refractivity contribution < 1.29 is 28.0 Å². The molecule has 172 valence electrons. The Morgan fingerprint density at radius 1 is 1.06 bits per heavy atom. The predicted molar refractivity (Wildman–Crippen MR) is 117 cm³/mol. The van der Waals surface area contributed by atoms with Crippen LogP contribution >= 0.6 is 0 Å². The highest BCUT2D eigenvalue weighted by Gasteiger charge is 2.52. The normalized spacial score (nSPS) is 16.2. The van der Waals surface area contributed by atoms with Crippen molar-refractivity contribution in [3.05, 3.63) is 48.2 Å². The Bertz CT molecular complexity index is 1080. The third-order valence-electron chi connectivity index (χ3n) is 5.30. The van der Waals surface area contributed by atoms with Crippen LogP contribution in [0.2, 0.25) is 0 Å². The quantitative estimate of drug-likeness (QED) is 0.458. The second-order valence-electron chi connectivity index (χ2n) is 8.71. The molecule has 1 aromatic carbocycles. The number of amides is 2. The van der Waals surface area contributed by atoms with Crippen LogP contribution in [0.15, 0.2) is 47.5 Å². The molecule has 0 spiro atoms. The van der Waals surface area contributed by atoms with E-state index in [1.165, 1.54) is 23.8 Å². The summed E-state index contributed by atoms with van der Waals surface area (Å²) in [4.78, 5) is 28.9. The number of benzene rings is 1. The van der Waals surface area contributed by atoms with Gasteiger partial charge >= 0.3 is 0 Å². The fraction of sp³-hybridized carbons (Fsp3) is 0.409. The molecule has 0 unspecified atom stereocenters. The van der Waals surface area contributed by atoms with E-state index in [4.69, 9.17) is 9.94 Å². The zero-order valence-corrected chi connectivity index (χ0v) is 19.0. The molecule has 0 bridgehead atoms. The average Bonchev–Trinajstić information content (AvgIpc) is 2.78. The minimum atomic E-state index is -4.09. The lowest BCUT2D eigenvalue weighted by Gasteiger charge is -2.34. The van der Waals surface area contributed by atoms with E-state index in [0.29, 0.717) is 16.8 Å². The largest absolute Gasteiger partial charge is 0.381 e. The summed E-state index contributed by atoms with van der Waals surface area (Å²) in [7, 11) is -4.09. The Kier molecular flexibility index (Phi) is 6.68. The molecule has 1 fully saturated rings. The molecule has 1 aromatic heterocycles. The highest BCUT2D eigenvalue weighted by molar-refractivity contribution is 7.93. The van der Waals surface area contributed by atoms with Crippen molar-refractivity contribution >= 4 is 21.7 Å². The Hall–Kier alpha value is -2.82. The fourth-order valence-corrected chi connectivity index (χ4v) is 5.50. The number of aromatic nitrogens is 1. The molecule has 1 saturated heterocycles. The van der Waals surface area contributed by atoms with Gasteiger partial charge in [0.15, 0.2) is 14.6 Å². The maximum absolute atomic E-state index is 13.3. The molecule has 32 heavy (non-hydrogen) atoms. The molecule has 0 atom stereocenters. The van der Waals surface area contributed by atoms with E-state index in [9.17, 15) is 18.0 Å². The van der Waals surface area contributed by atoms with Gasteiger partial charge in [-0.25, -0.2) is 13.9 Å². The first-order valence-corrected chi connectivity index (χ1v) is 11.6. The molecule has 3 rings (SSSR count). The van der Waals surface area contributed by atoms with Crippen molar-refractivity contribution in [2.45, 2.75) is 48.8 Å². The van der Waals surface area contributed by atoms with Crippen molar-refractivity contribution in [3.63, 3.8) is 0 Å². The summed E-state index contributed by atoms with van der Waals surface area (Å²) >= 11 is 0. The minimum absolute atomic E-state index is 0.0343. The number of nitrogens with zero attached hydrogens (tertiary/aromatic N) is 1. The lowest BCUT2D eigenvalue weighted by molar-refractivity contribution is -0.134. The van der Waals surface area contributed by atoms with Gasteiger partial charge < -0.3 is 10.1 Å². The van der Waals surface area contributed by atoms with Gasteiger partial charge in [0.05, 0.1) is 16.2 Å². The number of rotatable bonds is 5. The summed E-state index contributed by atoms with van der Waals surface area (Å²) in [6, 6.07) is 9.34. The van der Waals surface area contributed by atoms with Crippen LogP contribution in [0, 0.1) is 0 Å². The van der Waals surface area contributed by atoms with Crippen molar-refractivity contribution in [2.75, 3.05) is 13.2 Å². The molecule has 2 aromatic rings. The van der Waals surface area contributed by atoms with Crippen LogP contribution in [-0.4, -0.2) is 53.9 Å². The van der Waals surface area contributed by atoms with E-state index in [2.05, 4.69) is 10.3 Å². The lowest BCUT2D eigenvalue weighted by Crippen LogP contribution is -2.54. The van der Waals surface area contributed by atoms with Gasteiger partial charge in [-0.3, -0.25) is 19.8 Å². The van der Waals surface area contributed by atoms with Gasteiger partial charge in [0.25, 0.3) is 11.8 Å². The Labute approximate surface area is 187 Å². The van der Waals surface area contributed by atoms with Gasteiger partial charge in [0.1, 0.15) is 0 Å². The molecule has 2 amide bonds. The van der Waals surface area contributed by atoms with Crippen LogP contribution in [0.1, 0.15) is 44.0 Å². The van der Waals surface area contributed by atoms with Gasteiger partial charge in [-0.2, -0.15) is 0 Å². The van der Waals surface area contributed by atoms with Crippen molar-refractivity contribution in [3.8, 4) is 11.3 Å². The molecule has 2 heterocycles. The van der Waals surface area contributed by atoms with Crippen LogP contribution in [0.4, 0.5) is 0 Å². The predicted octanol–water partition coefficient (Wildman–Crippen LogP) is 2.11. The number of hydrogen-bond donors (Lipinski definition) is 3. The molecular formula is C22H27N3O6S. The molecule has 0 radical (unpaired) electrons. The van der Waals surface area contributed by atoms with Crippen LogP contribution in [0.3, 0.4) is 0 Å². The zero-order chi connectivity index (χ0) is 23.6. The van der Waals surface area contributed by atoms with Gasteiger partial charge in [-0.1, -0.05) is 12.1 Å². The van der Waals surface area contributed by atoms with E-state index in [1.54, 1.807) is 24.3 Å². The highest BCUT2D eigenvalue weighted by atomic mass is 32.2. The van der Waals surface area contributed by atoms with Gasteiger partial charge in [-0.15, -0.1) is 0 Å². The maximum atomic E-state index is 13.3. The Morgan fingerprint density at radius 2 is 1.69 bits per heavy atom. The SMILES string of the molecule is CC(C)(C)NC(=O)c1ccc(-c2ccc(S(=O)(=O)C3(C(=O)NO)CCOCC3)cc2)nc1. The first-order valence-electron chi connectivity index (χ1n) is 10.2. The maximum Gasteiger partial charge on any atom is 0.265 e. The number of nitrogens with one attached hydrogen (secondary N) is 2. The third-order valence-corrected chi connectivity index (χ3v) is 7.82. The number of ether oxygens (including phenoxy) is 1. The van der Waals surface area contributed by atoms with Gasteiger partial charge in [-0.05, 0) is 57.9 Å². The van der Waals surface area contributed by atoms with Crippen molar-refractivity contribution in [1.29, 1.82) is 0 Å². The molecule has 9 nitrogen and oxygen atoms in total. The molecule has 0 saturated carbocycles. The topological polar surface area (TPSA) is 135 Å². The molecule has 10 heteroatoms. The first kappa shape index (κ1) is 23.8. The Morgan fingerprint density at radius 3 is 2.19 bits per heavy atom. The summed E-state index contributed by atoms with van der Waals surface area (Å²) in [6.45, 7) is 5.86. The summed E-state index contributed by atoms with van der Waals surface area (Å²) in [5.74, 6) is -1.20. The highest BCUT2D eigenvalue weighted by Crippen LogP contribution is 2.35. The number of hydroxylamine groups is 1. The fourth-order valence-electron chi connectivity index (χ4n) is 3.56. The van der Waals surface area contributed by atoms with E-state index in [1.807, 2.05) is 20.8 Å². The molecule has 1 aliphatic heterocycles. The third kappa shape index (κ3) is 4.67. The van der Waals surface area contributed by atoms with Crippen LogP contribution in [0.25, 0.3) is 11.3 Å². The van der Waals surface area contributed by atoms with Gasteiger partial charge in [0.2, 0.25) is 0 Å². The van der Waals surface area contributed by atoms with Crippen LogP contribution in [-0.2, 0) is 19.4 Å². The molecular weight excluding hydrogens is 434 g/mol. The first-order chi connectivity index (χ1) is 15.0. The summed E-state index contributed by atoms with van der Waals surface area (Å²) < 4.78 is 30.0. The average molecular weight is 462 g/mol. The second-order valence-corrected chi connectivity index (χ2v) is 11.0. The number of carbonyl (C=O) groups is 2. The van der Waals surface area contributed by atoms with Crippen LogP contribution < -0.4 is 10.8 Å². The zero-order valence-electron chi connectivity index (χ0n) is 18.2. The number of hydrogen-bond acceptors (Lipinski definition) is 7. The van der Waals surface area contributed by atoms with Crippen molar-refractivity contribution in [2.24, 2.45) is 0 Å². The van der Waals surface area contributed by atoms with E-state index < -0.39 is 20.5 Å². The van der Waals surface area contributed by atoms with Gasteiger partial charge in [0, 0.05) is 30.5 Å². The van der Waals surface area contributed by atoms with E-state index in [0.717, 1.165) is 0 Å². The number of pyridine rings is 1. The van der Waals surface area contributed by atoms with Crippen molar-refractivity contribution in [1.82, 2.24) is 15.8 Å². The van der Waals surface area contributed by atoms with Crippen LogP contribution in [0.5, 0.6) is 0 Å². The number of sulfone groups is 1. The summed E-state index contributed by atoms with van der Waals surface area (Å²) in [6.07, 6.45) is 1.36. The second kappa shape index (κ2) is 8.97. The summed E-state index contributed by atoms with van der Waals surface area (Å²) in [5.41, 5.74) is 2.76. The molecule has 1 aliphatic rings.